The Morgan fingerprint density at radius 2 is 1.70 bits per heavy atom. The number of ether oxygens (including phenoxy) is 1. The first-order chi connectivity index (χ1) is 14.3. The highest BCUT2D eigenvalue weighted by atomic mass is 16.5. The maximum absolute atomic E-state index is 12.9. The Bertz CT molecular complexity index is 798. The minimum absolute atomic E-state index is 0.0641. The molecule has 0 spiro atoms. The van der Waals surface area contributed by atoms with Crippen LogP contribution in [-0.4, -0.2) is 54.9 Å². The van der Waals surface area contributed by atoms with Gasteiger partial charge in [0.2, 0.25) is 5.91 Å². The molecule has 0 aromatic heterocycles. The summed E-state index contributed by atoms with van der Waals surface area (Å²) in [4.78, 5) is 29.0. The minimum Gasteiger partial charge on any atom is -0.460 e. The summed E-state index contributed by atoms with van der Waals surface area (Å²) in [5, 5.41) is 7.49. The molecule has 2 aliphatic heterocycles. The van der Waals surface area contributed by atoms with Gasteiger partial charge in [0.15, 0.2) is 0 Å². The summed E-state index contributed by atoms with van der Waals surface area (Å²) in [6.07, 6.45) is 4.63. The van der Waals surface area contributed by atoms with Crippen molar-refractivity contribution in [3.05, 3.63) is 41.5 Å². The van der Waals surface area contributed by atoms with Crippen LogP contribution >= 0.6 is 0 Å². The van der Waals surface area contributed by atoms with E-state index in [1.54, 1.807) is 6.08 Å². The number of carbonyl (C=O) groups is 2. The van der Waals surface area contributed by atoms with Gasteiger partial charge in [0.1, 0.15) is 5.84 Å². The third-order valence-corrected chi connectivity index (χ3v) is 5.78. The lowest BCUT2D eigenvalue weighted by atomic mass is 9.93. The molecule has 30 heavy (non-hydrogen) atoms. The van der Waals surface area contributed by atoms with E-state index in [9.17, 15) is 9.59 Å². The van der Waals surface area contributed by atoms with Crippen LogP contribution in [0.15, 0.2) is 35.9 Å². The van der Waals surface area contributed by atoms with E-state index in [1.165, 1.54) is 0 Å². The predicted octanol–water partition coefficient (Wildman–Crippen LogP) is 2.69. The molecule has 0 unspecified atom stereocenters. The van der Waals surface area contributed by atoms with Gasteiger partial charge in [-0.05, 0) is 63.8 Å². The minimum atomic E-state index is -0.288. The molecule has 0 aliphatic carbocycles. The van der Waals surface area contributed by atoms with Crippen molar-refractivity contribution in [3.63, 3.8) is 0 Å². The monoisotopic (exact) mass is 412 g/mol. The third kappa shape index (κ3) is 5.62. The van der Waals surface area contributed by atoms with Crippen molar-refractivity contribution in [2.75, 3.05) is 31.1 Å². The summed E-state index contributed by atoms with van der Waals surface area (Å²) < 4.78 is 5.17. The molecular weight excluding hydrogens is 380 g/mol. The zero-order valence-corrected chi connectivity index (χ0v) is 17.9. The number of amides is 1. The van der Waals surface area contributed by atoms with Crippen molar-refractivity contribution < 1.29 is 14.3 Å². The first kappa shape index (κ1) is 21.9. The lowest BCUT2D eigenvalue weighted by molar-refractivity contribution is -0.141. The maximum Gasteiger partial charge on any atom is 0.330 e. The first-order valence-electron chi connectivity index (χ1n) is 10.7. The largest absolute Gasteiger partial charge is 0.460 e. The number of anilines is 1. The van der Waals surface area contributed by atoms with Crippen LogP contribution in [0.3, 0.4) is 0 Å². The molecule has 0 bridgehead atoms. The number of nitrogens with two attached hydrogens (primary N) is 1. The van der Waals surface area contributed by atoms with E-state index >= 15 is 0 Å². The van der Waals surface area contributed by atoms with Gasteiger partial charge >= 0.3 is 5.97 Å². The Labute approximate surface area is 178 Å². The van der Waals surface area contributed by atoms with Crippen molar-refractivity contribution >= 4 is 23.4 Å². The Balaban J connectivity index is 1.47. The average Bonchev–Trinajstić information content (AvgIpc) is 2.73. The van der Waals surface area contributed by atoms with Gasteiger partial charge in [-0.15, -0.1) is 0 Å². The number of esters is 1. The quantitative estimate of drug-likeness (QED) is 0.335. The molecule has 7 heteroatoms. The fourth-order valence-corrected chi connectivity index (χ4v) is 4.09. The topological polar surface area (TPSA) is 99.7 Å². The SMILES string of the molecule is CC(C)OC(=O)C=C1CCN(C(=O)C2CCN(c3ccc(C(=N)N)cc3)CC2)CC1. The number of rotatable bonds is 5. The molecule has 3 rings (SSSR count). The number of amidine groups is 1. The lowest BCUT2D eigenvalue weighted by Crippen LogP contribution is -2.44. The summed E-state index contributed by atoms with van der Waals surface area (Å²) in [6, 6.07) is 7.71. The molecule has 1 aromatic carbocycles. The molecule has 1 amide bonds. The predicted molar refractivity (Wildman–Crippen MR) is 118 cm³/mol. The fourth-order valence-electron chi connectivity index (χ4n) is 4.09. The van der Waals surface area contributed by atoms with E-state index in [0.717, 1.165) is 55.6 Å². The van der Waals surface area contributed by atoms with Crippen LogP contribution in [0.1, 0.15) is 45.1 Å². The molecule has 1 aromatic rings. The van der Waals surface area contributed by atoms with Crippen molar-refractivity contribution in [2.24, 2.45) is 11.7 Å². The molecule has 0 atom stereocenters. The van der Waals surface area contributed by atoms with Crippen LogP contribution < -0.4 is 10.6 Å². The number of nitrogens with one attached hydrogen (secondary N) is 1. The van der Waals surface area contributed by atoms with Crippen molar-refractivity contribution in [1.29, 1.82) is 5.41 Å². The van der Waals surface area contributed by atoms with Gasteiger partial charge in [-0.25, -0.2) is 4.79 Å². The Hall–Kier alpha value is -2.83. The standard InChI is InChI=1S/C23H32N4O3/c1-16(2)30-21(28)15-17-7-11-27(12-8-17)23(29)19-9-13-26(14-10-19)20-5-3-18(4-6-20)22(24)25/h3-6,15-16,19H,7-14H2,1-2H3,(H3,24,25). The average molecular weight is 413 g/mol. The number of hydrogen-bond acceptors (Lipinski definition) is 5. The number of nitrogen functional groups attached to an aromatic ring is 1. The second kappa shape index (κ2) is 9.78. The van der Waals surface area contributed by atoms with Crippen molar-refractivity contribution in [1.82, 2.24) is 4.90 Å². The molecule has 2 fully saturated rings. The van der Waals surface area contributed by atoms with Gasteiger partial charge in [-0.3, -0.25) is 10.2 Å². The van der Waals surface area contributed by atoms with Crippen LogP contribution in [0, 0.1) is 11.3 Å². The number of piperidine rings is 2. The van der Waals surface area contributed by atoms with Crippen LogP contribution in [0.4, 0.5) is 5.69 Å². The number of likely N-dealkylation sites (tertiary alicyclic amines) is 1. The number of nitrogens with zero attached hydrogens (tertiary/aromatic N) is 2. The molecule has 3 N–H and O–H groups in total. The summed E-state index contributed by atoms with van der Waals surface area (Å²) >= 11 is 0. The zero-order valence-electron chi connectivity index (χ0n) is 17.9. The second-order valence-electron chi connectivity index (χ2n) is 8.34. The Morgan fingerprint density at radius 3 is 2.23 bits per heavy atom. The molecule has 7 nitrogen and oxygen atoms in total. The van der Waals surface area contributed by atoms with E-state index in [0.29, 0.717) is 13.1 Å². The van der Waals surface area contributed by atoms with Crippen LogP contribution in [0.25, 0.3) is 0 Å². The second-order valence-corrected chi connectivity index (χ2v) is 8.34. The Morgan fingerprint density at radius 1 is 1.10 bits per heavy atom. The van der Waals surface area contributed by atoms with E-state index < -0.39 is 0 Å². The van der Waals surface area contributed by atoms with E-state index in [-0.39, 0.29) is 29.7 Å². The van der Waals surface area contributed by atoms with Crippen molar-refractivity contribution in [3.8, 4) is 0 Å². The third-order valence-electron chi connectivity index (χ3n) is 5.78. The summed E-state index contributed by atoms with van der Waals surface area (Å²) in [5.74, 6) is 0.0882. The van der Waals surface area contributed by atoms with Crippen LogP contribution in [0.2, 0.25) is 0 Å². The molecule has 2 aliphatic rings. The van der Waals surface area contributed by atoms with Gasteiger partial charge in [-0.2, -0.15) is 0 Å². The molecular formula is C23H32N4O3. The van der Waals surface area contributed by atoms with Crippen molar-refractivity contribution in [2.45, 2.75) is 45.6 Å². The van der Waals surface area contributed by atoms with Gasteiger partial charge in [0.25, 0.3) is 0 Å². The highest BCUT2D eigenvalue weighted by Crippen LogP contribution is 2.26. The van der Waals surface area contributed by atoms with Gasteiger partial charge < -0.3 is 20.3 Å². The number of benzene rings is 1. The van der Waals surface area contributed by atoms with Gasteiger partial charge in [0.05, 0.1) is 6.10 Å². The highest BCUT2D eigenvalue weighted by Gasteiger charge is 2.30. The first-order valence-corrected chi connectivity index (χ1v) is 10.7. The normalized spacial score (nSPS) is 17.8. The molecule has 0 radical (unpaired) electrons. The summed E-state index contributed by atoms with van der Waals surface area (Å²) in [7, 11) is 0. The van der Waals surface area contributed by atoms with E-state index in [1.807, 2.05) is 43.0 Å². The Kier molecular flexibility index (Phi) is 7.13. The smallest absolute Gasteiger partial charge is 0.330 e. The van der Waals surface area contributed by atoms with E-state index in [2.05, 4.69) is 4.90 Å². The van der Waals surface area contributed by atoms with E-state index in [4.69, 9.17) is 15.9 Å². The number of carbonyl (C=O) groups excluding carboxylic acids is 2. The maximum atomic E-state index is 12.9. The summed E-state index contributed by atoms with van der Waals surface area (Å²) in [5.41, 5.74) is 8.41. The van der Waals surface area contributed by atoms with Crippen LogP contribution in [0.5, 0.6) is 0 Å². The highest BCUT2D eigenvalue weighted by molar-refractivity contribution is 5.95. The summed E-state index contributed by atoms with van der Waals surface area (Å²) in [6.45, 7) is 6.71. The number of hydrogen-bond donors (Lipinski definition) is 2. The molecule has 162 valence electrons. The zero-order chi connectivity index (χ0) is 21.7. The molecule has 2 saturated heterocycles. The lowest BCUT2D eigenvalue weighted by Gasteiger charge is -2.37. The van der Waals surface area contributed by atoms with Crippen LogP contribution in [-0.2, 0) is 14.3 Å². The van der Waals surface area contributed by atoms with Gasteiger partial charge in [0, 0.05) is 49.4 Å². The fraction of sp³-hybridized carbons (Fsp3) is 0.522. The molecule has 2 heterocycles. The van der Waals surface area contributed by atoms with Gasteiger partial charge in [-0.1, -0.05) is 5.57 Å². The molecule has 0 saturated carbocycles.